The van der Waals surface area contributed by atoms with Crippen LogP contribution in [-0.4, -0.2) is 20.4 Å². The second-order valence-electron chi connectivity index (χ2n) is 2.13. The normalized spacial score (nSPS) is 9.91. The Balaban J connectivity index is 2.45. The summed E-state index contributed by atoms with van der Waals surface area (Å²) in [5, 5.41) is 9.13. The predicted molar refractivity (Wildman–Crippen MR) is 40.6 cm³/mol. The number of nitrogens with zero attached hydrogens (tertiary/aromatic N) is 2. The van der Waals surface area contributed by atoms with Crippen molar-refractivity contribution in [3.05, 3.63) is 10.8 Å². The smallest absolute Gasteiger partial charge is 0.303 e. The highest BCUT2D eigenvalue weighted by Crippen LogP contribution is 2.05. The van der Waals surface area contributed by atoms with Crippen LogP contribution in [0, 0.1) is 6.92 Å². The Morgan fingerprint density at radius 3 is 2.91 bits per heavy atom. The maximum atomic E-state index is 10.1. The zero-order valence-corrected chi connectivity index (χ0v) is 6.89. The Hall–Kier alpha value is -0.970. The molecule has 0 saturated heterocycles. The van der Waals surface area contributed by atoms with Crippen LogP contribution in [0.1, 0.15) is 17.3 Å². The standard InChI is InChI=1S/C6H8N2O2S/c1-4-7-5(11-8-4)2-3-6(9)10/h2-3H2,1H3,(H,9,10). The van der Waals surface area contributed by atoms with Gasteiger partial charge in [0, 0.05) is 6.42 Å². The Labute approximate surface area is 68.1 Å². The van der Waals surface area contributed by atoms with Gasteiger partial charge in [-0.2, -0.15) is 4.37 Å². The molecule has 0 bridgehead atoms. The lowest BCUT2D eigenvalue weighted by Gasteiger charge is -1.87. The van der Waals surface area contributed by atoms with Gasteiger partial charge in [0.1, 0.15) is 10.8 Å². The minimum Gasteiger partial charge on any atom is -0.481 e. The van der Waals surface area contributed by atoms with Gasteiger partial charge in [-0.15, -0.1) is 0 Å². The molecule has 0 radical (unpaired) electrons. The average molecular weight is 172 g/mol. The fourth-order valence-electron chi connectivity index (χ4n) is 0.655. The van der Waals surface area contributed by atoms with E-state index in [1.54, 1.807) is 6.92 Å². The summed E-state index contributed by atoms with van der Waals surface area (Å²) in [4.78, 5) is 14.2. The number of hydrogen-bond acceptors (Lipinski definition) is 4. The molecule has 0 saturated carbocycles. The molecule has 11 heavy (non-hydrogen) atoms. The molecule has 0 aliphatic rings. The lowest BCUT2D eigenvalue weighted by molar-refractivity contribution is -0.136. The van der Waals surface area contributed by atoms with Gasteiger partial charge in [0.25, 0.3) is 0 Å². The van der Waals surface area contributed by atoms with E-state index < -0.39 is 5.97 Å². The SMILES string of the molecule is Cc1nsc(CCC(=O)O)n1. The van der Waals surface area contributed by atoms with Crippen LogP contribution >= 0.6 is 11.5 Å². The molecule has 0 fully saturated rings. The molecule has 1 N–H and O–H groups in total. The maximum Gasteiger partial charge on any atom is 0.303 e. The van der Waals surface area contributed by atoms with Crippen LogP contribution in [0.15, 0.2) is 0 Å². The first kappa shape index (κ1) is 8.13. The number of rotatable bonds is 3. The topological polar surface area (TPSA) is 63.1 Å². The van der Waals surface area contributed by atoms with E-state index in [1.165, 1.54) is 11.5 Å². The molecule has 1 rings (SSSR count). The van der Waals surface area contributed by atoms with Gasteiger partial charge in [-0.1, -0.05) is 0 Å². The van der Waals surface area contributed by atoms with Crippen molar-refractivity contribution in [3.63, 3.8) is 0 Å². The van der Waals surface area contributed by atoms with Gasteiger partial charge >= 0.3 is 5.97 Å². The summed E-state index contributed by atoms with van der Waals surface area (Å²) in [6.45, 7) is 1.79. The van der Waals surface area contributed by atoms with Crippen molar-refractivity contribution in [2.45, 2.75) is 19.8 Å². The molecule has 0 unspecified atom stereocenters. The largest absolute Gasteiger partial charge is 0.481 e. The third-order valence-electron chi connectivity index (χ3n) is 1.12. The maximum absolute atomic E-state index is 10.1. The third kappa shape index (κ3) is 2.63. The van der Waals surface area contributed by atoms with Gasteiger partial charge in [0.2, 0.25) is 0 Å². The summed E-state index contributed by atoms with van der Waals surface area (Å²) in [6.07, 6.45) is 0.621. The van der Waals surface area contributed by atoms with Crippen molar-refractivity contribution in [1.29, 1.82) is 0 Å². The van der Waals surface area contributed by atoms with Crippen LogP contribution in [0.5, 0.6) is 0 Å². The molecule has 0 spiro atoms. The van der Waals surface area contributed by atoms with Crippen molar-refractivity contribution in [1.82, 2.24) is 9.36 Å². The van der Waals surface area contributed by atoms with Gasteiger partial charge in [-0.05, 0) is 18.5 Å². The van der Waals surface area contributed by atoms with Crippen molar-refractivity contribution in [2.24, 2.45) is 0 Å². The average Bonchev–Trinajstić information content (AvgIpc) is 2.31. The fourth-order valence-corrected chi connectivity index (χ4v) is 1.30. The first-order valence-corrected chi connectivity index (χ1v) is 3.97. The van der Waals surface area contributed by atoms with E-state index in [0.29, 0.717) is 6.42 Å². The molecule has 0 atom stereocenters. The Morgan fingerprint density at radius 2 is 2.45 bits per heavy atom. The van der Waals surface area contributed by atoms with Crippen molar-refractivity contribution in [3.8, 4) is 0 Å². The minimum atomic E-state index is -0.794. The van der Waals surface area contributed by atoms with Crippen LogP contribution in [-0.2, 0) is 11.2 Å². The molecular weight excluding hydrogens is 164 g/mol. The van der Waals surface area contributed by atoms with E-state index in [1.807, 2.05) is 0 Å². The zero-order chi connectivity index (χ0) is 8.27. The van der Waals surface area contributed by atoms with Gasteiger partial charge in [-0.3, -0.25) is 4.79 Å². The molecular formula is C6H8N2O2S. The van der Waals surface area contributed by atoms with E-state index in [0.717, 1.165) is 10.8 Å². The van der Waals surface area contributed by atoms with Crippen molar-refractivity contribution >= 4 is 17.5 Å². The van der Waals surface area contributed by atoms with Gasteiger partial charge in [0.15, 0.2) is 0 Å². The second-order valence-corrected chi connectivity index (χ2v) is 2.97. The Morgan fingerprint density at radius 1 is 1.73 bits per heavy atom. The van der Waals surface area contributed by atoms with Crippen molar-refractivity contribution in [2.75, 3.05) is 0 Å². The van der Waals surface area contributed by atoms with Gasteiger partial charge < -0.3 is 5.11 Å². The van der Waals surface area contributed by atoms with Gasteiger partial charge in [-0.25, -0.2) is 4.98 Å². The predicted octanol–water partition coefficient (Wildman–Crippen LogP) is 0.864. The highest BCUT2D eigenvalue weighted by Gasteiger charge is 2.02. The summed E-state index contributed by atoms with van der Waals surface area (Å²) in [7, 11) is 0. The molecule has 1 aromatic heterocycles. The van der Waals surface area contributed by atoms with E-state index in [9.17, 15) is 4.79 Å². The summed E-state index contributed by atoms with van der Waals surface area (Å²) in [5.41, 5.74) is 0. The van der Waals surface area contributed by atoms with Crippen LogP contribution in [0.3, 0.4) is 0 Å². The summed E-state index contributed by atoms with van der Waals surface area (Å²) in [5.74, 6) is -0.0757. The highest BCUT2D eigenvalue weighted by molar-refractivity contribution is 7.05. The summed E-state index contributed by atoms with van der Waals surface area (Å²) >= 11 is 1.27. The monoisotopic (exact) mass is 172 g/mol. The van der Waals surface area contributed by atoms with E-state index in [-0.39, 0.29) is 6.42 Å². The Kier molecular flexibility index (Phi) is 2.53. The molecule has 0 aliphatic carbocycles. The number of aromatic nitrogens is 2. The molecule has 0 aromatic carbocycles. The van der Waals surface area contributed by atoms with Crippen molar-refractivity contribution < 1.29 is 9.90 Å². The highest BCUT2D eigenvalue weighted by atomic mass is 32.1. The minimum absolute atomic E-state index is 0.134. The number of carboxylic acid groups (broad SMARTS) is 1. The number of aryl methyl sites for hydroxylation is 2. The molecule has 1 heterocycles. The van der Waals surface area contributed by atoms with E-state index in [2.05, 4.69) is 9.36 Å². The quantitative estimate of drug-likeness (QED) is 0.734. The molecule has 60 valence electrons. The number of hydrogen-bond donors (Lipinski definition) is 1. The number of aliphatic carboxylic acids is 1. The lowest BCUT2D eigenvalue weighted by atomic mass is 10.3. The second kappa shape index (κ2) is 3.43. The van der Waals surface area contributed by atoms with Crippen LogP contribution in [0.2, 0.25) is 0 Å². The van der Waals surface area contributed by atoms with Crippen LogP contribution in [0.4, 0.5) is 0 Å². The molecule has 4 nitrogen and oxygen atoms in total. The summed E-state index contributed by atoms with van der Waals surface area (Å²) in [6, 6.07) is 0. The lowest BCUT2D eigenvalue weighted by Crippen LogP contribution is -1.96. The third-order valence-corrected chi connectivity index (χ3v) is 1.98. The molecule has 1 aromatic rings. The van der Waals surface area contributed by atoms with Crippen LogP contribution in [0.25, 0.3) is 0 Å². The van der Waals surface area contributed by atoms with Crippen LogP contribution < -0.4 is 0 Å². The summed E-state index contributed by atoms with van der Waals surface area (Å²) < 4.78 is 3.93. The van der Waals surface area contributed by atoms with E-state index >= 15 is 0 Å². The zero-order valence-electron chi connectivity index (χ0n) is 6.07. The first-order chi connectivity index (χ1) is 5.18. The van der Waals surface area contributed by atoms with E-state index in [4.69, 9.17) is 5.11 Å². The fraction of sp³-hybridized carbons (Fsp3) is 0.500. The number of carbonyl (C=O) groups is 1. The first-order valence-electron chi connectivity index (χ1n) is 3.19. The number of carboxylic acids is 1. The van der Waals surface area contributed by atoms with Gasteiger partial charge in [0.05, 0.1) is 6.42 Å². The molecule has 5 heteroatoms. The molecule has 0 aliphatic heterocycles. The molecule has 0 amide bonds. The Bertz CT molecular complexity index is 259.